The van der Waals surface area contributed by atoms with Crippen LogP contribution in [0.5, 0.6) is 0 Å². The van der Waals surface area contributed by atoms with E-state index in [4.69, 9.17) is 9.57 Å². The summed E-state index contributed by atoms with van der Waals surface area (Å²) in [5.74, 6) is -3.28. The van der Waals surface area contributed by atoms with E-state index in [1.807, 2.05) is 0 Å². The maximum atomic E-state index is 12.4. The van der Waals surface area contributed by atoms with Gasteiger partial charge in [0.05, 0.1) is 6.42 Å². The van der Waals surface area contributed by atoms with Crippen LogP contribution >= 0.6 is 0 Å². The molecule has 0 bridgehead atoms. The molecule has 0 spiro atoms. The first-order valence-corrected chi connectivity index (χ1v) is 7.70. The third-order valence-corrected chi connectivity index (χ3v) is 3.43. The van der Waals surface area contributed by atoms with Crippen LogP contribution in [-0.2, 0) is 33.5 Å². The van der Waals surface area contributed by atoms with Gasteiger partial charge in [-0.05, 0) is 6.92 Å². The Morgan fingerprint density at radius 1 is 1.04 bits per heavy atom. The SMILES string of the molecule is CC(=O)CCC(=O)O[C@H](C(=O)ON1C(=O)CCC1=O)c1ccccc1. The van der Waals surface area contributed by atoms with Crippen LogP contribution < -0.4 is 0 Å². The lowest BCUT2D eigenvalue weighted by Gasteiger charge is -2.19. The predicted molar refractivity (Wildman–Crippen MR) is 82.4 cm³/mol. The Morgan fingerprint density at radius 3 is 2.20 bits per heavy atom. The number of esters is 1. The summed E-state index contributed by atoms with van der Waals surface area (Å²) in [6.45, 7) is 1.33. The van der Waals surface area contributed by atoms with E-state index in [0.29, 0.717) is 10.6 Å². The quantitative estimate of drug-likeness (QED) is 0.539. The summed E-state index contributed by atoms with van der Waals surface area (Å²) < 4.78 is 5.11. The fourth-order valence-electron chi connectivity index (χ4n) is 2.14. The molecule has 0 unspecified atom stereocenters. The molecule has 1 atom stereocenters. The molecule has 1 aliphatic heterocycles. The minimum Gasteiger partial charge on any atom is -0.445 e. The highest BCUT2D eigenvalue weighted by Gasteiger charge is 2.36. The normalized spacial score (nSPS) is 15.0. The molecule has 8 nitrogen and oxygen atoms in total. The lowest BCUT2D eigenvalue weighted by molar-refractivity contribution is -0.206. The summed E-state index contributed by atoms with van der Waals surface area (Å²) in [5.41, 5.74) is 0.322. The Hall–Kier alpha value is -3.03. The molecule has 2 amide bonds. The van der Waals surface area contributed by atoms with Crippen molar-refractivity contribution in [3.05, 3.63) is 35.9 Å². The standard InChI is InChI=1S/C17H17NO7/c1-11(19)7-10-15(22)24-16(12-5-3-2-4-6-12)17(23)25-18-13(20)8-9-14(18)21/h2-6,16H,7-10H2,1H3/t16-/m0/s1. The number of amides is 2. The van der Waals surface area contributed by atoms with Crippen molar-refractivity contribution in [2.24, 2.45) is 0 Å². The molecule has 1 aromatic carbocycles. The molecule has 2 rings (SSSR count). The molecule has 0 saturated carbocycles. The summed E-state index contributed by atoms with van der Waals surface area (Å²) in [6, 6.07) is 8.04. The Balaban J connectivity index is 2.12. The third-order valence-electron chi connectivity index (χ3n) is 3.43. The van der Waals surface area contributed by atoms with Crippen LogP contribution in [0.2, 0.25) is 0 Å². The average molecular weight is 347 g/mol. The number of hydroxylamine groups is 2. The van der Waals surface area contributed by atoms with Gasteiger partial charge in [-0.3, -0.25) is 14.4 Å². The molecule has 1 saturated heterocycles. The highest BCUT2D eigenvalue weighted by molar-refractivity contribution is 6.01. The number of ketones is 1. The van der Waals surface area contributed by atoms with Crippen LogP contribution in [0.25, 0.3) is 0 Å². The van der Waals surface area contributed by atoms with E-state index in [2.05, 4.69) is 0 Å². The lowest BCUT2D eigenvalue weighted by atomic mass is 10.1. The molecule has 0 aromatic heterocycles. The Labute approximate surface area is 143 Å². The van der Waals surface area contributed by atoms with Crippen molar-refractivity contribution in [2.45, 2.75) is 38.7 Å². The maximum Gasteiger partial charge on any atom is 0.378 e. The third kappa shape index (κ3) is 4.97. The predicted octanol–water partition coefficient (Wildman–Crippen LogP) is 1.25. The first-order chi connectivity index (χ1) is 11.9. The van der Waals surface area contributed by atoms with Gasteiger partial charge in [0, 0.05) is 24.8 Å². The van der Waals surface area contributed by atoms with E-state index in [9.17, 15) is 24.0 Å². The number of rotatable bonds is 7. The van der Waals surface area contributed by atoms with Gasteiger partial charge < -0.3 is 14.4 Å². The van der Waals surface area contributed by atoms with Gasteiger partial charge in [0.25, 0.3) is 11.8 Å². The average Bonchev–Trinajstić information content (AvgIpc) is 2.90. The van der Waals surface area contributed by atoms with Gasteiger partial charge in [-0.25, -0.2) is 4.79 Å². The molecule has 8 heteroatoms. The van der Waals surface area contributed by atoms with Crippen LogP contribution in [0.4, 0.5) is 0 Å². The van der Waals surface area contributed by atoms with Crippen molar-refractivity contribution in [3.63, 3.8) is 0 Å². The number of carbonyl (C=O) groups is 5. The monoisotopic (exact) mass is 347 g/mol. The first kappa shape index (κ1) is 18.3. The number of carbonyl (C=O) groups excluding carboxylic acids is 5. The molecule has 1 aliphatic rings. The van der Waals surface area contributed by atoms with Gasteiger partial charge >= 0.3 is 11.9 Å². The second-order valence-electron chi connectivity index (χ2n) is 5.47. The number of ether oxygens (including phenoxy) is 1. The van der Waals surface area contributed by atoms with Crippen molar-refractivity contribution >= 4 is 29.5 Å². The smallest absolute Gasteiger partial charge is 0.378 e. The van der Waals surface area contributed by atoms with Gasteiger partial charge in [-0.1, -0.05) is 30.3 Å². The van der Waals surface area contributed by atoms with Crippen LogP contribution in [0.15, 0.2) is 30.3 Å². The van der Waals surface area contributed by atoms with Crippen LogP contribution in [-0.4, -0.2) is 34.6 Å². The zero-order valence-corrected chi connectivity index (χ0v) is 13.6. The molecule has 1 fully saturated rings. The summed E-state index contributed by atoms with van der Waals surface area (Å²) >= 11 is 0. The minimum absolute atomic E-state index is 0.0154. The van der Waals surface area contributed by atoms with E-state index < -0.39 is 29.9 Å². The molecule has 1 aromatic rings. The van der Waals surface area contributed by atoms with E-state index in [1.54, 1.807) is 18.2 Å². The van der Waals surface area contributed by atoms with Crippen LogP contribution in [0.3, 0.4) is 0 Å². The van der Waals surface area contributed by atoms with Gasteiger partial charge in [0.15, 0.2) is 0 Å². The number of imide groups is 1. The molecule has 1 heterocycles. The van der Waals surface area contributed by atoms with E-state index in [1.165, 1.54) is 19.1 Å². The molecular formula is C17H17NO7. The summed E-state index contributed by atoms with van der Waals surface area (Å²) in [4.78, 5) is 63.1. The molecule has 132 valence electrons. The fourth-order valence-corrected chi connectivity index (χ4v) is 2.14. The van der Waals surface area contributed by atoms with Crippen molar-refractivity contribution in [1.29, 1.82) is 0 Å². The number of Topliss-reactive ketones (excluding diaryl/α,β-unsaturated/α-hetero) is 1. The van der Waals surface area contributed by atoms with E-state index in [0.717, 1.165) is 0 Å². The molecular weight excluding hydrogens is 330 g/mol. The van der Waals surface area contributed by atoms with Crippen molar-refractivity contribution in [3.8, 4) is 0 Å². The zero-order chi connectivity index (χ0) is 18.4. The largest absolute Gasteiger partial charge is 0.445 e. The highest BCUT2D eigenvalue weighted by Crippen LogP contribution is 2.22. The van der Waals surface area contributed by atoms with Gasteiger partial charge in [0.2, 0.25) is 6.10 Å². The second kappa shape index (κ2) is 8.18. The van der Waals surface area contributed by atoms with Crippen molar-refractivity contribution in [2.75, 3.05) is 0 Å². The van der Waals surface area contributed by atoms with Gasteiger partial charge in [-0.15, -0.1) is 5.06 Å². The van der Waals surface area contributed by atoms with Crippen LogP contribution in [0, 0.1) is 0 Å². The molecule has 0 aliphatic carbocycles. The zero-order valence-electron chi connectivity index (χ0n) is 13.6. The number of benzene rings is 1. The Morgan fingerprint density at radius 2 is 1.64 bits per heavy atom. The van der Waals surface area contributed by atoms with Gasteiger partial charge in [-0.2, -0.15) is 0 Å². The van der Waals surface area contributed by atoms with E-state index >= 15 is 0 Å². The number of hydrogen-bond acceptors (Lipinski definition) is 7. The number of nitrogens with zero attached hydrogens (tertiary/aromatic N) is 1. The minimum atomic E-state index is -1.44. The van der Waals surface area contributed by atoms with E-state index in [-0.39, 0.29) is 31.5 Å². The Kier molecular flexibility index (Phi) is 5.99. The van der Waals surface area contributed by atoms with Gasteiger partial charge in [0.1, 0.15) is 5.78 Å². The Bertz CT molecular complexity index is 682. The summed E-state index contributed by atoms with van der Waals surface area (Å²) in [5, 5.41) is 0.391. The first-order valence-electron chi connectivity index (χ1n) is 7.70. The van der Waals surface area contributed by atoms with Crippen molar-refractivity contribution in [1.82, 2.24) is 5.06 Å². The molecule has 0 N–H and O–H groups in total. The second-order valence-corrected chi connectivity index (χ2v) is 5.47. The highest BCUT2D eigenvalue weighted by atomic mass is 16.7. The topological polar surface area (TPSA) is 107 Å². The van der Waals surface area contributed by atoms with Crippen LogP contribution in [0.1, 0.15) is 44.3 Å². The molecule has 25 heavy (non-hydrogen) atoms. The summed E-state index contributed by atoms with van der Waals surface area (Å²) in [6.07, 6.45) is -1.73. The molecule has 0 radical (unpaired) electrons. The summed E-state index contributed by atoms with van der Waals surface area (Å²) in [7, 11) is 0. The maximum absolute atomic E-state index is 12.4. The van der Waals surface area contributed by atoms with Crippen molar-refractivity contribution < 1.29 is 33.5 Å². The lowest BCUT2D eigenvalue weighted by Crippen LogP contribution is -2.35. The fraction of sp³-hybridized carbons (Fsp3) is 0.353. The number of hydrogen-bond donors (Lipinski definition) is 0.